The van der Waals surface area contributed by atoms with E-state index >= 15 is 0 Å². The van der Waals surface area contributed by atoms with E-state index in [2.05, 4.69) is 13.2 Å². The van der Waals surface area contributed by atoms with Crippen molar-refractivity contribution in [3.8, 4) is 5.75 Å². The van der Waals surface area contributed by atoms with E-state index in [1.165, 1.54) is 12.1 Å². The van der Waals surface area contributed by atoms with E-state index in [1.54, 1.807) is 32.0 Å². The van der Waals surface area contributed by atoms with Crippen LogP contribution in [0.2, 0.25) is 0 Å². The molecule has 0 N–H and O–H groups in total. The molecule has 2 aromatic carbocycles. The number of carbonyl (C=O) groups excluding carboxylic acids is 1. The zero-order chi connectivity index (χ0) is 16.4. The second-order valence-corrected chi connectivity index (χ2v) is 5.59. The highest BCUT2D eigenvalue weighted by Gasteiger charge is 2.15. The van der Waals surface area contributed by atoms with E-state index in [1.807, 2.05) is 6.92 Å². The third kappa shape index (κ3) is 2.93. The molecule has 0 saturated heterocycles. The Labute approximate surface area is 129 Å². The lowest BCUT2D eigenvalue weighted by atomic mass is 9.95. The van der Waals surface area contributed by atoms with Crippen LogP contribution in [-0.2, 0) is 4.79 Å². The lowest BCUT2D eigenvalue weighted by Crippen LogP contribution is -2.14. The molecule has 3 heteroatoms. The second-order valence-electron chi connectivity index (χ2n) is 5.59. The summed E-state index contributed by atoms with van der Waals surface area (Å²) in [6, 6.07) is 6.50. The van der Waals surface area contributed by atoms with Crippen molar-refractivity contribution in [1.29, 1.82) is 0 Å². The number of esters is 1. The van der Waals surface area contributed by atoms with Gasteiger partial charge < -0.3 is 4.74 Å². The zero-order valence-corrected chi connectivity index (χ0v) is 13.1. The number of hydrogen-bond donors (Lipinski definition) is 0. The van der Waals surface area contributed by atoms with Crippen LogP contribution in [0.3, 0.4) is 0 Å². The third-order valence-electron chi connectivity index (χ3n) is 3.43. The van der Waals surface area contributed by atoms with Gasteiger partial charge in [-0.15, -0.1) is 0 Å². The van der Waals surface area contributed by atoms with Gasteiger partial charge in [0.05, 0.1) is 5.92 Å². The predicted molar refractivity (Wildman–Crippen MR) is 89.2 cm³/mol. The maximum atomic E-state index is 14.0. The molecule has 2 nitrogen and oxygen atoms in total. The SMILES string of the molecule is C=Cc1c(F)ccc2cc(OC(=O)C(C)C)cc(C(=C)C)c12. The summed E-state index contributed by atoms with van der Waals surface area (Å²) < 4.78 is 19.4. The maximum Gasteiger partial charge on any atom is 0.313 e. The number of allylic oxidation sites excluding steroid dienone is 1. The quantitative estimate of drug-likeness (QED) is 0.571. The Hall–Kier alpha value is -2.42. The van der Waals surface area contributed by atoms with Crippen molar-refractivity contribution in [1.82, 2.24) is 0 Å². The Morgan fingerprint density at radius 3 is 2.55 bits per heavy atom. The fourth-order valence-corrected chi connectivity index (χ4v) is 2.27. The highest BCUT2D eigenvalue weighted by atomic mass is 19.1. The van der Waals surface area contributed by atoms with Crippen LogP contribution in [0.5, 0.6) is 5.75 Å². The minimum atomic E-state index is -0.336. The lowest BCUT2D eigenvalue weighted by molar-refractivity contribution is -0.137. The van der Waals surface area contributed by atoms with E-state index in [0.717, 1.165) is 21.9 Å². The van der Waals surface area contributed by atoms with Crippen LogP contribution in [0, 0.1) is 11.7 Å². The summed E-state index contributed by atoms with van der Waals surface area (Å²) in [6.07, 6.45) is 1.49. The molecule has 2 rings (SSSR count). The predicted octanol–water partition coefficient (Wildman–Crippen LogP) is 5.22. The van der Waals surface area contributed by atoms with Crippen LogP contribution in [0.25, 0.3) is 22.4 Å². The minimum Gasteiger partial charge on any atom is -0.426 e. The average molecular weight is 298 g/mol. The molecule has 0 radical (unpaired) electrons. The van der Waals surface area contributed by atoms with Gasteiger partial charge in [0.1, 0.15) is 11.6 Å². The van der Waals surface area contributed by atoms with Crippen LogP contribution in [0.4, 0.5) is 4.39 Å². The van der Waals surface area contributed by atoms with E-state index in [-0.39, 0.29) is 17.7 Å². The van der Waals surface area contributed by atoms with Crippen molar-refractivity contribution >= 4 is 28.4 Å². The van der Waals surface area contributed by atoms with Crippen molar-refractivity contribution in [3.63, 3.8) is 0 Å². The molecule has 0 saturated carbocycles. The standard InChI is InChI=1S/C19H19FO2/c1-6-15-17(20)8-7-13-9-14(22-19(21)12(4)5)10-16(11(2)3)18(13)15/h6-10,12H,1-2H2,3-5H3. The minimum absolute atomic E-state index is 0.221. The van der Waals surface area contributed by atoms with Crippen LogP contribution in [-0.4, -0.2) is 5.97 Å². The molecule has 114 valence electrons. The summed E-state index contributed by atoms with van der Waals surface area (Å²) in [6.45, 7) is 13.0. The Balaban J connectivity index is 2.71. The highest BCUT2D eigenvalue weighted by molar-refractivity contribution is 6.00. The second kappa shape index (κ2) is 6.14. The highest BCUT2D eigenvalue weighted by Crippen LogP contribution is 2.34. The van der Waals surface area contributed by atoms with Crippen molar-refractivity contribution in [2.24, 2.45) is 5.92 Å². The number of fused-ring (bicyclic) bond motifs is 1. The molecule has 2 aromatic rings. The summed E-state index contributed by atoms with van der Waals surface area (Å²) in [7, 11) is 0. The summed E-state index contributed by atoms with van der Waals surface area (Å²) >= 11 is 0. The first-order valence-corrected chi connectivity index (χ1v) is 7.11. The molecule has 0 atom stereocenters. The Morgan fingerprint density at radius 2 is 2.00 bits per heavy atom. The molecule has 0 aliphatic rings. The number of rotatable bonds is 4. The number of carbonyl (C=O) groups is 1. The fourth-order valence-electron chi connectivity index (χ4n) is 2.27. The normalized spacial score (nSPS) is 10.8. The van der Waals surface area contributed by atoms with Crippen molar-refractivity contribution < 1.29 is 13.9 Å². The van der Waals surface area contributed by atoms with E-state index in [4.69, 9.17) is 4.74 Å². The molecule has 0 aromatic heterocycles. The van der Waals surface area contributed by atoms with E-state index < -0.39 is 0 Å². The van der Waals surface area contributed by atoms with Gasteiger partial charge in [-0.25, -0.2) is 4.39 Å². The van der Waals surface area contributed by atoms with Crippen LogP contribution < -0.4 is 4.74 Å². The van der Waals surface area contributed by atoms with Gasteiger partial charge in [0.25, 0.3) is 0 Å². The summed E-state index contributed by atoms with van der Waals surface area (Å²) in [5.74, 6) is -0.429. The van der Waals surface area contributed by atoms with Crippen LogP contribution in [0.15, 0.2) is 37.4 Å². The average Bonchev–Trinajstić information content (AvgIpc) is 2.46. The molecule has 0 spiro atoms. The van der Waals surface area contributed by atoms with Gasteiger partial charge in [0, 0.05) is 5.56 Å². The topological polar surface area (TPSA) is 26.3 Å². The van der Waals surface area contributed by atoms with Gasteiger partial charge in [-0.2, -0.15) is 0 Å². The van der Waals surface area contributed by atoms with Gasteiger partial charge in [-0.3, -0.25) is 4.79 Å². The first-order chi connectivity index (χ1) is 10.3. The smallest absolute Gasteiger partial charge is 0.313 e. The number of hydrogen-bond acceptors (Lipinski definition) is 2. The Bertz CT molecular complexity index is 773. The first-order valence-electron chi connectivity index (χ1n) is 7.11. The van der Waals surface area contributed by atoms with E-state index in [9.17, 15) is 9.18 Å². The summed E-state index contributed by atoms with van der Waals surface area (Å²) in [4.78, 5) is 11.8. The monoisotopic (exact) mass is 298 g/mol. The first kappa shape index (κ1) is 16.0. The molecule has 0 aliphatic carbocycles. The third-order valence-corrected chi connectivity index (χ3v) is 3.43. The maximum absolute atomic E-state index is 14.0. The van der Waals surface area contributed by atoms with Gasteiger partial charge >= 0.3 is 5.97 Å². The molecule has 22 heavy (non-hydrogen) atoms. The molecule has 0 fully saturated rings. The van der Waals surface area contributed by atoms with Gasteiger partial charge in [0.2, 0.25) is 0 Å². The fraction of sp³-hybridized carbons (Fsp3) is 0.211. The Kier molecular flexibility index (Phi) is 4.45. The van der Waals surface area contributed by atoms with Gasteiger partial charge in [-0.1, -0.05) is 44.7 Å². The molecule has 0 amide bonds. The number of benzene rings is 2. The summed E-state index contributed by atoms with van der Waals surface area (Å²) in [5, 5.41) is 1.51. The van der Waals surface area contributed by atoms with Crippen molar-refractivity contribution in [2.75, 3.05) is 0 Å². The molecule has 0 aliphatic heterocycles. The molecule has 0 unspecified atom stereocenters. The summed E-state index contributed by atoms with van der Waals surface area (Å²) in [5.41, 5.74) is 1.94. The largest absolute Gasteiger partial charge is 0.426 e. The Morgan fingerprint density at radius 1 is 1.32 bits per heavy atom. The van der Waals surface area contributed by atoms with Gasteiger partial charge in [-0.05, 0) is 41.5 Å². The molecular weight excluding hydrogens is 279 g/mol. The molecular formula is C19H19FO2. The molecule has 0 heterocycles. The number of ether oxygens (including phenoxy) is 1. The lowest BCUT2D eigenvalue weighted by Gasteiger charge is -2.14. The zero-order valence-electron chi connectivity index (χ0n) is 13.1. The van der Waals surface area contributed by atoms with Crippen LogP contribution in [0.1, 0.15) is 31.9 Å². The van der Waals surface area contributed by atoms with E-state index in [0.29, 0.717) is 11.3 Å². The van der Waals surface area contributed by atoms with Crippen molar-refractivity contribution in [3.05, 3.63) is 54.4 Å². The van der Waals surface area contributed by atoms with Gasteiger partial charge in [0.15, 0.2) is 0 Å². The van der Waals surface area contributed by atoms with Crippen molar-refractivity contribution in [2.45, 2.75) is 20.8 Å². The number of halogens is 1. The van der Waals surface area contributed by atoms with Crippen LogP contribution >= 0.6 is 0 Å². The molecule has 0 bridgehead atoms.